The second-order valence-electron chi connectivity index (χ2n) is 5.80. The molecule has 0 N–H and O–H groups in total. The van der Waals surface area contributed by atoms with Crippen molar-refractivity contribution in [1.82, 2.24) is 19.9 Å². The lowest BCUT2D eigenvalue weighted by Gasteiger charge is -2.25. The van der Waals surface area contributed by atoms with Crippen LogP contribution in [0.2, 0.25) is 0 Å². The third-order valence-corrected chi connectivity index (χ3v) is 4.24. The van der Waals surface area contributed by atoms with Crippen LogP contribution in [0.1, 0.15) is 18.5 Å². The lowest BCUT2D eigenvalue weighted by atomic mass is 10.1. The maximum absolute atomic E-state index is 13.0. The zero-order chi connectivity index (χ0) is 18.0. The van der Waals surface area contributed by atoms with Crippen molar-refractivity contribution < 1.29 is 9.18 Å². The number of halogens is 1. The summed E-state index contributed by atoms with van der Waals surface area (Å²) in [5.41, 5.74) is 0.931. The molecule has 0 saturated heterocycles. The fraction of sp³-hybridized carbons (Fsp3) is 0.222. The number of rotatable bonds is 4. The molecule has 1 aromatic heterocycles. The standard InChI is InChI=1S/C18H17FN4O2/c1-12(13-7-9-14(19)10-8-13)22(2)17(24)11-23-18(25)15-5-3-4-6-16(15)20-21-23/h3-10,12H,11H2,1-2H3/t12-/m1/s1. The van der Waals surface area contributed by atoms with Crippen LogP contribution in [0.5, 0.6) is 0 Å². The number of benzene rings is 2. The highest BCUT2D eigenvalue weighted by atomic mass is 19.1. The van der Waals surface area contributed by atoms with E-state index < -0.39 is 0 Å². The zero-order valence-corrected chi connectivity index (χ0v) is 13.9. The Morgan fingerprint density at radius 1 is 1.20 bits per heavy atom. The van der Waals surface area contributed by atoms with Crippen LogP contribution in [-0.2, 0) is 11.3 Å². The highest BCUT2D eigenvalue weighted by Gasteiger charge is 2.19. The van der Waals surface area contributed by atoms with Crippen molar-refractivity contribution in [3.05, 3.63) is 70.3 Å². The SMILES string of the molecule is C[C@H](c1ccc(F)cc1)N(C)C(=O)Cn1nnc2ccccc2c1=O. The van der Waals surface area contributed by atoms with Crippen molar-refractivity contribution in [2.75, 3.05) is 7.05 Å². The van der Waals surface area contributed by atoms with Gasteiger partial charge in [-0.25, -0.2) is 9.07 Å². The first kappa shape index (κ1) is 16.8. The van der Waals surface area contributed by atoms with Gasteiger partial charge in [-0.05, 0) is 36.8 Å². The van der Waals surface area contributed by atoms with Gasteiger partial charge in [-0.15, -0.1) is 5.10 Å². The van der Waals surface area contributed by atoms with Gasteiger partial charge in [0.2, 0.25) is 5.91 Å². The molecule has 0 radical (unpaired) electrons. The number of amides is 1. The van der Waals surface area contributed by atoms with Crippen LogP contribution in [0.4, 0.5) is 4.39 Å². The van der Waals surface area contributed by atoms with Crippen molar-refractivity contribution in [3.8, 4) is 0 Å². The maximum atomic E-state index is 13.0. The molecule has 0 aliphatic heterocycles. The summed E-state index contributed by atoms with van der Waals surface area (Å²) < 4.78 is 14.1. The number of fused-ring (bicyclic) bond motifs is 1. The van der Waals surface area contributed by atoms with E-state index in [-0.39, 0.29) is 29.9 Å². The van der Waals surface area contributed by atoms with E-state index in [4.69, 9.17) is 0 Å². The molecular weight excluding hydrogens is 323 g/mol. The summed E-state index contributed by atoms with van der Waals surface area (Å²) in [7, 11) is 1.63. The van der Waals surface area contributed by atoms with Crippen LogP contribution in [0.25, 0.3) is 10.9 Å². The van der Waals surface area contributed by atoms with Crippen LogP contribution in [0.15, 0.2) is 53.3 Å². The zero-order valence-electron chi connectivity index (χ0n) is 13.9. The summed E-state index contributed by atoms with van der Waals surface area (Å²) in [6, 6.07) is 12.5. The predicted molar refractivity (Wildman–Crippen MR) is 91.4 cm³/mol. The first-order valence-corrected chi connectivity index (χ1v) is 7.81. The molecule has 0 fully saturated rings. The molecule has 3 rings (SSSR count). The van der Waals surface area contributed by atoms with Gasteiger partial charge in [-0.2, -0.15) is 0 Å². The van der Waals surface area contributed by atoms with Crippen molar-refractivity contribution in [3.63, 3.8) is 0 Å². The number of aromatic nitrogens is 3. The van der Waals surface area contributed by atoms with Gasteiger partial charge in [0.1, 0.15) is 17.9 Å². The van der Waals surface area contributed by atoms with Crippen LogP contribution < -0.4 is 5.56 Å². The van der Waals surface area contributed by atoms with Gasteiger partial charge in [0, 0.05) is 7.05 Å². The largest absolute Gasteiger partial charge is 0.337 e. The monoisotopic (exact) mass is 340 g/mol. The van der Waals surface area contributed by atoms with E-state index in [2.05, 4.69) is 10.3 Å². The fourth-order valence-corrected chi connectivity index (χ4v) is 2.55. The minimum atomic E-state index is -0.359. The molecule has 1 amide bonds. The number of nitrogens with zero attached hydrogens (tertiary/aromatic N) is 4. The molecule has 0 unspecified atom stereocenters. The summed E-state index contributed by atoms with van der Waals surface area (Å²) in [5.74, 6) is -0.619. The molecule has 0 aliphatic carbocycles. The molecule has 3 aromatic rings. The summed E-state index contributed by atoms with van der Waals surface area (Å²) in [5, 5.41) is 8.21. The molecule has 7 heteroatoms. The molecule has 0 spiro atoms. The van der Waals surface area contributed by atoms with Gasteiger partial charge in [0.05, 0.1) is 11.4 Å². The quantitative estimate of drug-likeness (QED) is 0.730. The van der Waals surface area contributed by atoms with Gasteiger partial charge in [-0.3, -0.25) is 9.59 Å². The molecular formula is C18H17FN4O2. The van der Waals surface area contributed by atoms with Crippen molar-refractivity contribution in [1.29, 1.82) is 0 Å². The minimum absolute atomic E-state index is 0.210. The van der Waals surface area contributed by atoms with E-state index in [1.807, 2.05) is 6.92 Å². The molecule has 6 nitrogen and oxygen atoms in total. The van der Waals surface area contributed by atoms with Gasteiger partial charge in [0.15, 0.2) is 0 Å². The fourth-order valence-electron chi connectivity index (χ4n) is 2.55. The Kier molecular flexibility index (Phi) is 4.56. The molecule has 25 heavy (non-hydrogen) atoms. The highest BCUT2D eigenvalue weighted by Crippen LogP contribution is 2.19. The first-order chi connectivity index (χ1) is 12.0. The van der Waals surface area contributed by atoms with E-state index in [9.17, 15) is 14.0 Å². The van der Waals surface area contributed by atoms with Gasteiger partial charge >= 0.3 is 0 Å². The first-order valence-electron chi connectivity index (χ1n) is 7.81. The van der Waals surface area contributed by atoms with Crippen LogP contribution in [0.3, 0.4) is 0 Å². The molecule has 0 saturated carbocycles. The Hall–Kier alpha value is -3.09. The van der Waals surface area contributed by atoms with Crippen molar-refractivity contribution >= 4 is 16.8 Å². The van der Waals surface area contributed by atoms with Crippen LogP contribution in [0, 0.1) is 5.82 Å². The summed E-state index contributed by atoms with van der Waals surface area (Å²) in [6.45, 7) is 1.62. The number of likely N-dealkylation sites (N-methyl/N-ethyl adjacent to an activating group) is 1. The lowest BCUT2D eigenvalue weighted by molar-refractivity contribution is -0.132. The van der Waals surface area contributed by atoms with Gasteiger partial charge in [-0.1, -0.05) is 29.5 Å². The third-order valence-electron chi connectivity index (χ3n) is 4.24. The molecule has 128 valence electrons. The molecule has 1 atom stereocenters. The Morgan fingerprint density at radius 2 is 1.88 bits per heavy atom. The lowest BCUT2D eigenvalue weighted by Crippen LogP contribution is -2.36. The highest BCUT2D eigenvalue weighted by molar-refractivity contribution is 5.78. The topological polar surface area (TPSA) is 68.1 Å². The van der Waals surface area contributed by atoms with Gasteiger partial charge in [0.25, 0.3) is 5.56 Å². The predicted octanol–water partition coefficient (Wildman–Crippen LogP) is 2.15. The average molecular weight is 340 g/mol. The second kappa shape index (κ2) is 6.80. The normalized spacial score (nSPS) is 12.1. The molecule has 2 aromatic carbocycles. The molecule has 0 aliphatic rings. The summed E-state index contributed by atoms with van der Waals surface area (Å²) in [6.07, 6.45) is 0. The van der Waals surface area contributed by atoms with E-state index in [1.54, 1.807) is 43.4 Å². The minimum Gasteiger partial charge on any atom is -0.337 e. The Labute approximate surface area is 143 Å². The van der Waals surface area contributed by atoms with Crippen LogP contribution in [-0.4, -0.2) is 32.8 Å². The third kappa shape index (κ3) is 3.40. The molecule has 0 bridgehead atoms. The van der Waals surface area contributed by atoms with Crippen LogP contribution >= 0.6 is 0 Å². The Morgan fingerprint density at radius 3 is 2.60 bits per heavy atom. The van der Waals surface area contributed by atoms with Crippen molar-refractivity contribution in [2.24, 2.45) is 0 Å². The Balaban J connectivity index is 1.80. The van der Waals surface area contributed by atoms with Gasteiger partial charge < -0.3 is 4.90 Å². The van der Waals surface area contributed by atoms with E-state index in [0.717, 1.165) is 10.2 Å². The van der Waals surface area contributed by atoms with E-state index >= 15 is 0 Å². The second-order valence-corrected chi connectivity index (χ2v) is 5.80. The number of hydrogen-bond acceptors (Lipinski definition) is 4. The molecule has 1 heterocycles. The summed E-state index contributed by atoms with van der Waals surface area (Å²) in [4.78, 5) is 26.4. The average Bonchev–Trinajstić information content (AvgIpc) is 2.63. The number of carbonyl (C=O) groups is 1. The smallest absolute Gasteiger partial charge is 0.278 e. The number of carbonyl (C=O) groups excluding carboxylic acids is 1. The van der Waals surface area contributed by atoms with Crippen molar-refractivity contribution in [2.45, 2.75) is 19.5 Å². The Bertz CT molecular complexity index is 969. The maximum Gasteiger partial charge on any atom is 0.278 e. The summed E-state index contributed by atoms with van der Waals surface area (Å²) >= 11 is 0. The number of hydrogen-bond donors (Lipinski definition) is 0. The van der Waals surface area contributed by atoms with E-state index in [0.29, 0.717) is 10.9 Å². The van der Waals surface area contributed by atoms with E-state index in [1.165, 1.54) is 17.0 Å².